The molecule has 8 N–H and O–H groups in total. The number of hydrogen-bond acceptors (Lipinski definition) is 10. The van der Waals surface area contributed by atoms with Gasteiger partial charge in [0.15, 0.2) is 0 Å². The van der Waals surface area contributed by atoms with E-state index in [1.807, 2.05) is 38.1 Å². The van der Waals surface area contributed by atoms with Crippen LogP contribution in [0.2, 0.25) is 0 Å². The summed E-state index contributed by atoms with van der Waals surface area (Å²) in [4.78, 5) is 0. The highest BCUT2D eigenvalue weighted by molar-refractivity contribution is 5.74. The number of aliphatic hydroxyl groups is 6. The molecule has 10 nitrogen and oxygen atoms in total. The summed E-state index contributed by atoms with van der Waals surface area (Å²) >= 11 is 0. The first kappa shape index (κ1) is 32.6. The summed E-state index contributed by atoms with van der Waals surface area (Å²) in [5.41, 5.74) is 4.21. The van der Waals surface area contributed by atoms with Gasteiger partial charge in [0.25, 0.3) is 0 Å². The van der Waals surface area contributed by atoms with Crippen molar-refractivity contribution >= 4 is 0 Å². The first-order valence-corrected chi connectivity index (χ1v) is 15.1. The van der Waals surface area contributed by atoms with E-state index < -0.39 is 24.4 Å². The van der Waals surface area contributed by atoms with Crippen LogP contribution in [-0.4, -0.2) is 107 Å². The predicted molar refractivity (Wildman–Crippen MR) is 160 cm³/mol. The highest BCUT2D eigenvalue weighted by Gasteiger charge is 2.41. The number of rotatable bonds is 15. The fourth-order valence-corrected chi connectivity index (χ4v) is 6.23. The average Bonchev–Trinajstić information content (AvgIpc) is 3.43. The van der Waals surface area contributed by atoms with Crippen molar-refractivity contribution in [1.82, 2.24) is 10.6 Å². The van der Waals surface area contributed by atoms with Crippen LogP contribution >= 0.6 is 0 Å². The summed E-state index contributed by atoms with van der Waals surface area (Å²) in [5.74, 6) is 1.03. The molecule has 0 aromatic heterocycles. The van der Waals surface area contributed by atoms with Gasteiger partial charge in [0, 0.05) is 37.1 Å². The van der Waals surface area contributed by atoms with Crippen molar-refractivity contribution < 1.29 is 40.1 Å². The molecule has 0 aliphatic heterocycles. The Bertz CT molecular complexity index is 1050. The molecule has 2 aromatic carbocycles. The third kappa shape index (κ3) is 7.62. The van der Waals surface area contributed by atoms with Crippen molar-refractivity contribution in [3.8, 4) is 22.6 Å². The van der Waals surface area contributed by atoms with Gasteiger partial charge in [-0.05, 0) is 87.0 Å². The number of aliphatic hydroxyl groups excluding tert-OH is 6. The molecule has 0 heterocycles. The van der Waals surface area contributed by atoms with E-state index in [9.17, 15) is 30.6 Å². The second-order valence-electron chi connectivity index (χ2n) is 11.7. The van der Waals surface area contributed by atoms with E-state index in [1.54, 1.807) is 0 Å². The van der Waals surface area contributed by atoms with Crippen LogP contribution < -0.4 is 20.1 Å². The van der Waals surface area contributed by atoms with Crippen molar-refractivity contribution in [2.75, 3.05) is 39.5 Å². The van der Waals surface area contributed by atoms with Gasteiger partial charge in [0.1, 0.15) is 11.5 Å². The number of benzene rings is 2. The molecule has 2 aliphatic rings. The van der Waals surface area contributed by atoms with Crippen LogP contribution in [0, 0.1) is 25.7 Å². The van der Waals surface area contributed by atoms with E-state index >= 15 is 0 Å². The molecule has 0 spiro atoms. The zero-order valence-electron chi connectivity index (χ0n) is 24.7. The summed E-state index contributed by atoms with van der Waals surface area (Å²) < 4.78 is 12.2. The van der Waals surface area contributed by atoms with Crippen LogP contribution in [-0.2, 0) is 0 Å². The van der Waals surface area contributed by atoms with Gasteiger partial charge in [0.05, 0.1) is 37.6 Å². The van der Waals surface area contributed by atoms with E-state index in [1.165, 1.54) is 0 Å². The maximum absolute atomic E-state index is 10.2. The van der Waals surface area contributed by atoms with Crippen LogP contribution in [0.15, 0.2) is 36.4 Å². The van der Waals surface area contributed by atoms with Crippen molar-refractivity contribution in [1.29, 1.82) is 0 Å². The molecule has 0 saturated heterocycles. The zero-order chi connectivity index (χ0) is 30.2. The second kappa shape index (κ2) is 15.4. The summed E-state index contributed by atoms with van der Waals surface area (Å²) in [5, 5.41) is 65.6. The molecule has 1 unspecified atom stereocenters. The Labute approximate surface area is 248 Å². The van der Waals surface area contributed by atoms with Gasteiger partial charge in [-0.1, -0.05) is 24.3 Å². The van der Waals surface area contributed by atoms with Crippen molar-refractivity contribution in [3.63, 3.8) is 0 Å². The summed E-state index contributed by atoms with van der Waals surface area (Å²) in [6.07, 6.45) is -0.994. The quantitative estimate of drug-likeness (QED) is 0.140. The van der Waals surface area contributed by atoms with E-state index in [0.29, 0.717) is 39.1 Å². The van der Waals surface area contributed by atoms with Crippen molar-refractivity contribution in [2.24, 2.45) is 11.8 Å². The van der Waals surface area contributed by atoms with E-state index in [-0.39, 0.29) is 37.1 Å². The average molecular weight is 589 g/mol. The molecular formula is C32H48N2O8. The van der Waals surface area contributed by atoms with Gasteiger partial charge in [-0.15, -0.1) is 0 Å². The fourth-order valence-electron chi connectivity index (χ4n) is 6.23. The van der Waals surface area contributed by atoms with Gasteiger partial charge in [0.2, 0.25) is 0 Å². The highest BCUT2D eigenvalue weighted by Crippen LogP contribution is 2.35. The minimum Gasteiger partial charge on any atom is -0.493 e. The third-order valence-corrected chi connectivity index (χ3v) is 8.90. The SMILES string of the molecule is Cc1c(OCCCNC2C[C@H](CO)[C@@H](O)[C@H]2O)cccc1-c1cccc(OCCCN[C@@H]2C[C@H](CO)[C@@H](O)[C@H]2O)c1C. The fraction of sp³-hybridized carbons (Fsp3) is 0.625. The molecule has 2 fully saturated rings. The smallest absolute Gasteiger partial charge is 0.122 e. The summed E-state index contributed by atoms with van der Waals surface area (Å²) in [6.45, 7) is 6.09. The van der Waals surface area contributed by atoms with Gasteiger partial charge >= 0.3 is 0 Å². The standard InChI is InChI=1S/C32H48N2O8/c1-19-23(7-3-9-27(19)41-13-5-11-33-25-15-21(17-35)29(37)31(25)39)24-8-4-10-28(20(24)2)42-14-6-12-34-26-16-22(18-36)30(38)32(26)40/h3-4,7-10,21-22,25-26,29-40H,5-6,11-18H2,1-2H3/t21-,22-,25-,26?,29-,30-,31+,32+/m1/s1. The van der Waals surface area contributed by atoms with Crippen LogP contribution in [0.1, 0.15) is 36.8 Å². The molecule has 8 atom stereocenters. The molecule has 2 saturated carbocycles. The molecule has 2 aliphatic carbocycles. The van der Waals surface area contributed by atoms with Crippen LogP contribution in [0.3, 0.4) is 0 Å². The first-order chi connectivity index (χ1) is 20.3. The lowest BCUT2D eigenvalue weighted by molar-refractivity contribution is -0.000253. The maximum atomic E-state index is 10.2. The van der Waals surface area contributed by atoms with E-state index in [2.05, 4.69) is 22.8 Å². The second-order valence-corrected chi connectivity index (χ2v) is 11.7. The van der Waals surface area contributed by atoms with E-state index in [0.717, 1.165) is 46.6 Å². The lowest BCUT2D eigenvalue weighted by atomic mass is 9.95. The Morgan fingerprint density at radius 1 is 0.643 bits per heavy atom. The molecule has 0 amide bonds. The molecule has 2 aromatic rings. The Balaban J connectivity index is 1.25. The summed E-state index contributed by atoms with van der Waals surface area (Å²) in [7, 11) is 0. The van der Waals surface area contributed by atoms with Gasteiger partial charge in [-0.3, -0.25) is 0 Å². The number of ether oxygens (including phenoxy) is 2. The Morgan fingerprint density at radius 2 is 1.05 bits per heavy atom. The van der Waals surface area contributed by atoms with Gasteiger partial charge < -0.3 is 50.7 Å². The van der Waals surface area contributed by atoms with Crippen LogP contribution in [0.25, 0.3) is 11.1 Å². The van der Waals surface area contributed by atoms with Crippen LogP contribution in [0.5, 0.6) is 11.5 Å². The molecular weight excluding hydrogens is 540 g/mol. The zero-order valence-corrected chi connectivity index (χ0v) is 24.7. The molecule has 0 bridgehead atoms. The molecule has 0 radical (unpaired) electrons. The molecule has 4 rings (SSSR count). The molecule has 10 heteroatoms. The first-order valence-electron chi connectivity index (χ1n) is 15.1. The highest BCUT2D eigenvalue weighted by atomic mass is 16.5. The molecule has 42 heavy (non-hydrogen) atoms. The number of hydrogen-bond donors (Lipinski definition) is 8. The topological polar surface area (TPSA) is 164 Å². The Kier molecular flexibility index (Phi) is 12.0. The Hall–Kier alpha value is -2.28. The van der Waals surface area contributed by atoms with E-state index in [4.69, 9.17) is 9.47 Å². The number of nitrogens with one attached hydrogen (secondary N) is 2. The normalized spacial score (nSPS) is 29.2. The predicted octanol–water partition coefficient (Wildman–Crippen LogP) is 0.893. The van der Waals surface area contributed by atoms with Gasteiger partial charge in [-0.25, -0.2) is 0 Å². The van der Waals surface area contributed by atoms with Gasteiger partial charge in [-0.2, -0.15) is 0 Å². The van der Waals surface area contributed by atoms with Crippen molar-refractivity contribution in [3.05, 3.63) is 47.5 Å². The van der Waals surface area contributed by atoms with Crippen molar-refractivity contribution in [2.45, 2.75) is 76.0 Å². The maximum Gasteiger partial charge on any atom is 0.122 e. The summed E-state index contributed by atoms with van der Waals surface area (Å²) in [6, 6.07) is 11.6. The third-order valence-electron chi connectivity index (χ3n) is 8.90. The Morgan fingerprint density at radius 3 is 1.40 bits per heavy atom. The minimum absolute atomic E-state index is 0.132. The largest absolute Gasteiger partial charge is 0.493 e. The monoisotopic (exact) mass is 588 g/mol. The minimum atomic E-state index is -0.896. The lowest BCUT2D eigenvalue weighted by Gasteiger charge is -2.19. The molecule has 234 valence electrons. The lowest BCUT2D eigenvalue weighted by Crippen LogP contribution is -2.40. The van der Waals surface area contributed by atoms with Crippen LogP contribution in [0.4, 0.5) is 0 Å².